The molecule has 0 fully saturated rings. The van der Waals surface area contributed by atoms with Gasteiger partial charge in [-0.05, 0) is 31.2 Å². The predicted octanol–water partition coefficient (Wildman–Crippen LogP) is 3.54. The van der Waals surface area contributed by atoms with Gasteiger partial charge in [0.1, 0.15) is 11.6 Å². The molecule has 0 N–H and O–H groups in total. The number of amides is 1. The van der Waals surface area contributed by atoms with Gasteiger partial charge < -0.3 is 9.74 Å². The largest absolute Gasteiger partial charge is 0.390 e. The molecule has 4 nitrogen and oxygen atoms in total. The van der Waals surface area contributed by atoms with Crippen LogP contribution in [-0.4, -0.2) is 36.2 Å². The van der Waals surface area contributed by atoms with E-state index in [0.717, 1.165) is 11.6 Å². The van der Waals surface area contributed by atoms with E-state index in [1.54, 1.807) is 24.1 Å². The van der Waals surface area contributed by atoms with Gasteiger partial charge in [0, 0.05) is 30.7 Å². The first-order valence-corrected chi connectivity index (χ1v) is 7.94. The van der Waals surface area contributed by atoms with E-state index in [9.17, 15) is 13.6 Å². The van der Waals surface area contributed by atoms with Crippen LogP contribution < -0.4 is 0 Å². The van der Waals surface area contributed by atoms with E-state index in [1.165, 1.54) is 12.1 Å². The summed E-state index contributed by atoms with van der Waals surface area (Å²) in [5.74, 6) is -1.43. The topological polar surface area (TPSA) is 41.9 Å². The summed E-state index contributed by atoms with van der Waals surface area (Å²) in [7, 11) is 1.68. The summed E-state index contributed by atoms with van der Waals surface area (Å²) in [5, 5.41) is 3.89. The van der Waals surface area contributed by atoms with Crippen LogP contribution in [0.4, 0.5) is 8.78 Å². The van der Waals surface area contributed by atoms with Crippen LogP contribution in [0.2, 0.25) is 0 Å². The summed E-state index contributed by atoms with van der Waals surface area (Å²) in [6.07, 6.45) is -0.00695. The van der Waals surface area contributed by atoms with Gasteiger partial charge in [0.25, 0.3) is 5.91 Å². The zero-order chi connectivity index (χ0) is 18.0. The summed E-state index contributed by atoms with van der Waals surface area (Å²) in [4.78, 5) is 19.3. The molecule has 1 amide bonds. The van der Waals surface area contributed by atoms with Gasteiger partial charge in [-0.15, -0.1) is 0 Å². The maximum atomic E-state index is 13.8. The van der Waals surface area contributed by atoms with Crippen LogP contribution in [0.5, 0.6) is 0 Å². The summed E-state index contributed by atoms with van der Waals surface area (Å²) >= 11 is 0. The highest BCUT2D eigenvalue weighted by atomic mass is 19.1. The second kappa shape index (κ2) is 7.01. The number of aryl methyl sites for hydroxylation is 1. The molecule has 0 spiro atoms. The van der Waals surface area contributed by atoms with E-state index in [-0.39, 0.29) is 17.6 Å². The molecule has 1 unspecified atom stereocenters. The Kier molecular flexibility index (Phi) is 4.79. The first-order chi connectivity index (χ1) is 11.9. The average molecular weight is 344 g/mol. The Balaban J connectivity index is 1.62. The average Bonchev–Trinajstić information content (AvgIpc) is 3.03. The fourth-order valence-corrected chi connectivity index (χ4v) is 2.71. The number of carbonyl (C=O) groups excluding carboxylic acids is 1. The molecule has 1 aliphatic rings. The SMILES string of the molecule is Cc1ccc(C(=O)N(C)CC2CC(c3ccc(F)cc3F)=NO2)cc1. The normalized spacial score (nSPS) is 16.3. The summed E-state index contributed by atoms with van der Waals surface area (Å²) in [6.45, 7) is 2.28. The van der Waals surface area contributed by atoms with Crippen molar-refractivity contribution in [3.63, 3.8) is 0 Å². The Morgan fingerprint density at radius 1 is 1.24 bits per heavy atom. The number of halogens is 2. The first-order valence-electron chi connectivity index (χ1n) is 7.94. The number of nitrogens with zero attached hydrogens (tertiary/aromatic N) is 2. The second-order valence-electron chi connectivity index (χ2n) is 6.15. The summed E-state index contributed by atoms with van der Waals surface area (Å²) in [6, 6.07) is 10.7. The van der Waals surface area contributed by atoms with Crippen molar-refractivity contribution < 1.29 is 18.4 Å². The van der Waals surface area contributed by atoms with E-state index in [0.29, 0.717) is 24.2 Å². The van der Waals surface area contributed by atoms with Crippen molar-refractivity contribution in [2.75, 3.05) is 13.6 Å². The third kappa shape index (κ3) is 3.84. The Hall–Kier alpha value is -2.76. The van der Waals surface area contributed by atoms with Crippen LogP contribution in [-0.2, 0) is 4.84 Å². The fraction of sp³-hybridized carbons (Fsp3) is 0.263. The van der Waals surface area contributed by atoms with Crippen molar-refractivity contribution in [2.45, 2.75) is 19.4 Å². The first kappa shape index (κ1) is 17.1. The lowest BCUT2D eigenvalue weighted by Crippen LogP contribution is -2.34. The minimum Gasteiger partial charge on any atom is -0.390 e. The smallest absolute Gasteiger partial charge is 0.253 e. The zero-order valence-corrected chi connectivity index (χ0v) is 14.0. The standard InChI is InChI=1S/C19H18F2N2O2/c1-12-3-5-13(6-4-12)19(24)23(2)11-15-10-18(22-25-15)16-8-7-14(20)9-17(16)21/h3-9,15H,10-11H2,1-2H3. The quantitative estimate of drug-likeness (QED) is 0.851. The van der Waals surface area contributed by atoms with Crippen LogP contribution in [0, 0.1) is 18.6 Å². The monoisotopic (exact) mass is 344 g/mol. The van der Waals surface area contributed by atoms with Gasteiger partial charge in [-0.2, -0.15) is 0 Å². The number of carbonyl (C=O) groups is 1. The maximum absolute atomic E-state index is 13.8. The lowest BCUT2D eigenvalue weighted by atomic mass is 10.0. The number of oxime groups is 1. The van der Waals surface area contributed by atoms with Gasteiger partial charge in [-0.1, -0.05) is 22.9 Å². The molecule has 0 bridgehead atoms. The lowest BCUT2D eigenvalue weighted by molar-refractivity contribution is 0.0482. The van der Waals surface area contributed by atoms with Crippen molar-refractivity contribution in [1.29, 1.82) is 0 Å². The fourth-order valence-electron chi connectivity index (χ4n) is 2.71. The molecule has 0 aromatic heterocycles. The minimum atomic E-state index is -0.674. The van der Waals surface area contributed by atoms with Gasteiger partial charge in [0.15, 0.2) is 6.10 Å². The maximum Gasteiger partial charge on any atom is 0.253 e. The van der Waals surface area contributed by atoms with Crippen LogP contribution in [0.3, 0.4) is 0 Å². The highest BCUT2D eigenvalue weighted by molar-refractivity contribution is 6.01. The molecule has 1 heterocycles. The van der Waals surface area contributed by atoms with E-state index in [1.807, 2.05) is 19.1 Å². The van der Waals surface area contributed by atoms with E-state index in [2.05, 4.69) is 5.16 Å². The van der Waals surface area contributed by atoms with Gasteiger partial charge in [-0.3, -0.25) is 4.79 Å². The lowest BCUT2D eigenvalue weighted by Gasteiger charge is -2.20. The van der Waals surface area contributed by atoms with Crippen LogP contribution in [0.25, 0.3) is 0 Å². The molecule has 1 atom stereocenters. The summed E-state index contributed by atoms with van der Waals surface area (Å²) in [5.41, 5.74) is 2.31. The molecule has 0 aliphatic carbocycles. The van der Waals surface area contributed by atoms with Crippen molar-refractivity contribution in [2.24, 2.45) is 5.16 Å². The van der Waals surface area contributed by atoms with Gasteiger partial charge in [0.2, 0.25) is 0 Å². The van der Waals surface area contributed by atoms with E-state index in [4.69, 9.17) is 4.84 Å². The molecule has 0 saturated heterocycles. The van der Waals surface area contributed by atoms with Crippen LogP contribution in [0.15, 0.2) is 47.6 Å². The van der Waals surface area contributed by atoms with Crippen molar-refractivity contribution >= 4 is 11.6 Å². The number of benzene rings is 2. The molecule has 3 rings (SSSR count). The van der Waals surface area contributed by atoms with Crippen molar-refractivity contribution in [3.8, 4) is 0 Å². The van der Waals surface area contributed by atoms with Crippen molar-refractivity contribution in [1.82, 2.24) is 4.90 Å². The number of hydrogen-bond donors (Lipinski definition) is 0. The molecular formula is C19H18F2N2O2. The van der Waals surface area contributed by atoms with Gasteiger partial charge in [-0.25, -0.2) is 8.78 Å². The molecule has 130 valence electrons. The Morgan fingerprint density at radius 2 is 1.96 bits per heavy atom. The van der Waals surface area contributed by atoms with Gasteiger partial charge >= 0.3 is 0 Å². The third-order valence-electron chi connectivity index (χ3n) is 4.10. The molecule has 2 aromatic carbocycles. The highest BCUT2D eigenvalue weighted by Crippen LogP contribution is 2.20. The molecular weight excluding hydrogens is 326 g/mol. The van der Waals surface area contributed by atoms with Crippen LogP contribution in [0.1, 0.15) is 27.9 Å². The Morgan fingerprint density at radius 3 is 2.64 bits per heavy atom. The number of hydrogen-bond acceptors (Lipinski definition) is 3. The molecule has 2 aromatic rings. The second-order valence-corrected chi connectivity index (χ2v) is 6.15. The van der Waals surface area contributed by atoms with Gasteiger partial charge in [0.05, 0.1) is 12.3 Å². The van der Waals surface area contributed by atoms with E-state index >= 15 is 0 Å². The molecule has 6 heteroatoms. The minimum absolute atomic E-state index is 0.120. The Bertz CT molecular complexity index is 819. The summed E-state index contributed by atoms with van der Waals surface area (Å²) < 4.78 is 26.8. The van der Waals surface area contributed by atoms with Crippen molar-refractivity contribution in [3.05, 3.63) is 70.8 Å². The predicted molar refractivity (Wildman–Crippen MR) is 90.5 cm³/mol. The highest BCUT2D eigenvalue weighted by Gasteiger charge is 2.27. The Labute approximate surface area is 144 Å². The third-order valence-corrected chi connectivity index (χ3v) is 4.10. The number of likely N-dealkylation sites (N-methyl/N-ethyl adjacent to an activating group) is 1. The molecule has 25 heavy (non-hydrogen) atoms. The van der Waals surface area contributed by atoms with E-state index < -0.39 is 11.6 Å². The molecule has 1 aliphatic heterocycles. The molecule has 0 radical (unpaired) electrons. The van der Waals surface area contributed by atoms with Crippen LogP contribution >= 0.6 is 0 Å². The number of rotatable bonds is 4. The molecule has 0 saturated carbocycles. The zero-order valence-electron chi connectivity index (χ0n) is 14.0.